The van der Waals surface area contributed by atoms with E-state index in [1.54, 1.807) is 0 Å². The minimum atomic E-state index is -4.58. The summed E-state index contributed by atoms with van der Waals surface area (Å²) in [6.45, 7) is -0.479. The van der Waals surface area contributed by atoms with Gasteiger partial charge < -0.3 is 15.2 Å². The Balaban J connectivity index is 1.75. The van der Waals surface area contributed by atoms with Crippen molar-refractivity contribution in [1.29, 1.82) is 0 Å². The number of aromatic nitrogens is 1. The summed E-state index contributed by atoms with van der Waals surface area (Å²) in [5, 5.41) is 2.29. The molecule has 1 aliphatic rings. The summed E-state index contributed by atoms with van der Waals surface area (Å²) in [4.78, 5) is 19.3. The Morgan fingerprint density at radius 2 is 2.03 bits per heavy atom. The van der Waals surface area contributed by atoms with E-state index in [-0.39, 0.29) is 29.6 Å². The largest absolute Gasteiger partial charge is 0.418 e. The molecule has 0 aliphatic carbocycles. The highest BCUT2D eigenvalue weighted by Crippen LogP contribution is 2.36. The van der Waals surface area contributed by atoms with Crippen molar-refractivity contribution in [2.75, 3.05) is 18.5 Å². The molecule has 1 atom stereocenters. The van der Waals surface area contributed by atoms with Gasteiger partial charge in [0.25, 0.3) is 6.43 Å². The number of anilines is 1. The van der Waals surface area contributed by atoms with Gasteiger partial charge in [-0.25, -0.2) is 18.6 Å². The molecule has 0 saturated carbocycles. The second-order valence-corrected chi connectivity index (χ2v) is 6.30. The Hall–Kier alpha value is -3.28. The van der Waals surface area contributed by atoms with Crippen molar-refractivity contribution >= 4 is 17.6 Å². The number of aliphatic imine (C=N–C) groups is 1. The number of nitrogens with two attached hydrogens (primary N) is 1. The highest BCUT2D eigenvalue weighted by molar-refractivity contribution is 5.86. The van der Waals surface area contributed by atoms with E-state index in [4.69, 9.17) is 15.2 Å². The van der Waals surface area contributed by atoms with Gasteiger partial charge in [0.1, 0.15) is 12.4 Å². The SMILES string of the molecule is NC1=NC(c2cccc(NC(=O)Oc3ccc(C(F)(F)F)cn3)c2)(C(F)F)COC1. The molecular formula is C18H15F5N4O3. The van der Waals surface area contributed by atoms with Crippen LogP contribution in [0.4, 0.5) is 32.4 Å². The maximum Gasteiger partial charge on any atom is 0.418 e. The van der Waals surface area contributed by atoms with Crippen LogP contribution < -0.4 is 15.8 Å². The molecule has 0 bridgehead atoms. The van der Waals surface area contributed by atoms with Crippen molar-refractivity contribution in [1.82, 2.24) is 4.98 Å². The number of hydrogen-bond donors (Lipinski definition) is 2. The van der Waals surface area contributed by atoms with E-state index < -0.39 is 36.4 Å². The van der Waals surface area contributed by atoms with Gasteiger partial charge in [-0.15, -0.1) is 0 Å². The van der Waals surface area contributed by atoms with E-state index >= 15 is 0 Å². The maximum atomic E-state index is 13.8. The zero-order valence-electron chi connectivity index (χ0n) is 15.1. The number of nitrogens with one attached hydrogen (secondary N) is 1. The molecule has 1 aromatic carbocycles. The van der Waals surface area contributed by atoms with E-state index in [0.717, 1.165) is 6.07 Å². The van der Waals surface area contributed by atoms with E-state index in [1.807, 2.05) is 0 Å². The lowest BCUT2D eigenvalue weighted by Gasteiger charge is -2.33. The van der Waals surface area contributed by atoms with Crippen molar-refractivity contribution in [2.45, 2.75) is 18.1 Å². The molecule has 12 heteroatoms. The number of hydrogen-bond acceptors (Lipinski definition) is 6. The highest BCUT2D eigenvalue weighted by atomic mass is 19.4. The predicted octanol–water partition coefficient (Wildman–Crippen LogP) is 3.56. The number of halogens is 5. The first-order chi connectivity index (χ1) is 14.1. The van der Waals surface area contributed by atoms with Crippen LogP contribution in [0.15, 0.2) is 47.6 Å². The number of ether oxygens (including phenoxy) is 2. The molecule has 0 spiro atoms. The van der Waals surface area contributed by atoms with Crippen LogP contribution in [-0.2, 0) is 16.5 Å². The number of benzene rings is 1. The van der Waals surface area contributed by atoms with Crippen LogP contribution in [0.2, 0.25) is 0 Å². The fraction of sp³-hybridized carbons (Fsp3) is 0.278. The average molecular weight is 430 g/mol. The lowest BCUT2D eigenvalue weighted by atomic mass is 9.90. The molecule has 0 fully saturated rings. The van der Waals surface area contributed by atoms with Crippen LogP contribution in [0.25, 0.3) is 0 Å². The third kappa shape index (κ3) is 4.64. The highest BCUT2D eigenvalue weighted by Gasteiger charge is 2.44. The maximum absolute atomic E-state index is 13.8. The summed E-state index contributed by atoms with van der Waals surface area (Å²) in [6, 6.07) is 7.02. The van der Waals surface area contributed by atoms with Crippen molar-refractivity contribution in [3.05, 3.63) is 53.7 Å². The number of carbonyl (C=O) groups excluding carboxylic acids is 1. The molecule has 3 rings (SSSR count). The molecule has 1 unspecified atom stereocenters. The van der Waals surface area contributed by atoms with E-state index in [9.17, 15) is 26.7 Å². The smallest absolute Gasteiger partial charge is 0.391 e. The van der Waals surface area contributed by atoms with Gasteiger partial charge in [0.15, 0.2) is 5.54 Å². The lowest BCUT2D eigenvalue weighted by Crippen LogP contribution is -2.44. The second-order valence-electron chi connectivity index (χ2n) is 6.30. The molecule has 0 radical (unpaired) electrons. The molecule has 3 N–H and O–H groups in total. The molecule has 160 valence electrons. The number of alkyl halides is 5. The van der Waals surface area contributed by atoms with Gasteiger partial charge in [-0.05, 0) is 23.8 Å². The zero-order chi connectivity index (χ0) is 21.9. The van der Waals surface area contributed by atoms with E-state index in [0.29, 0.717) is 12.3 Å². The third-order valence-electron chi connectivity index (χ3n) is 4.15. The number of amidine groups is 1. The molecule has 0 saturated heterocycles. The van der Waals surface area contributed by atoms with Gasteiger partial charge in [-0.3, -0.25) is 10.3 Å². The Labute approximate surface area is 166 Å². The van der Waals surface area contributed by atoms with Crippen molar-refractivity contribution in [3.63, 3.8) is 0 Å². The van der Waals surface area contributed by atoms with Crippen LogP contribution >= 0.6 is 0 Å². The standard InChI is InChI=1S/C18H15F5N4O3/c19-15(20)17(9-29-8-13(24)27-17)10-2-1-3-12(6-10)26-16(28)30-14-5-4-11(7-25-14)18(21,22)23/h1-7,15H,8-9H2,(H2,24,27)(H,26,28). The predicted molar refractivity (Wildman–Crippen MR) is 95.5 cm³/mol. The first-order valence-electron chi connectivity index (χ1n) is 8.43. The summed E-state index contributed by atoms with van der Waals surface area (Å²) in [6.07, 6.45) is -8.08. The van der Waals surface area contributed by atoms with Crippen LogP contribution in [0.5, 0.6) is 5.88 Å². The molecular weight excluding hydrogens is 415 g/mol. The summed E-state index contributed by atoms with van der Waals surface area (Å²) >= 11 is 0. The Morgan fingerprint density at radius 1 is 1.27 bits per heavy atom. The fourth-order valence-electron chi connectivity index (χ4n) is 2.73. The van der Waals surface area contributed by atoms with Gasteiger partial charge in [0, 0.05) is 18.0 Å². The van der Waals surface area contributed by atoms with Gasteiger partial charge in [0.05, 0.1) is 12.2 Å². The van der Waals surface area contributed by atoms with Crippen molar-refractivity contribution in [3.8, 4) is 5.88 Å². The molecule has 1 aromatic heterocycles. The quantitative estimate of drug-likeness (QED) is 0.723. The minimum Gasteiger partial charge on any atom is -0.391 e. The second kappa shape index (κ2) is 8.22. The van der Waals surface area contributed by atoms with E-state index in [2.05, 4.69) is 15.3 Å². The molecule has 1 amide bonds. The normalized spacial score (nSPS) is 19.3. The topological polar surface area (TPSA) is 98.8 Å². The molecule has 7 nitrogen and oxygen atoms in total. The Morgan fingerprint density at radius 3 is 2.63 bits per heavy atom. The third-order valence-corrected chi connectivity index (χ3v) is 4.15. The van der Waals surface area contributed by atoms with Crippen LogP contribution in [0.1, 0.15) is 11.1 Å². The zero-order valence-corrected chi connectivity index (χ0v) is 15.1. The number of rotatable bonds is 4. The van der Waals surface area contributed by atoms with Crippen LogP contribution in [-0.4, -0.2) is 36.6 Å². The molecule has 2 heterocycles. The van der Waals surface area contributed by atoms with Crippen LogP contribution in [0.3, 0.4) is 0 Å². The fourth-order valence-corrected chi connectivity index (χ4v) is 2.73. The van der Waals surface area contributed by atoms with Gasteiger partial charge in [-0.2, -0.15) is 13.2 Å². The summed E-state index contributed by atoms with van der Waals surface area (Å²) in [5.41, 5.74) is 2.65. The van der Waals surface area contributed by atoms with Crippen molar-refractivity contribution < 1.29 is 36.2 Å². The number of carbonyl (C=O) groups is 1. The monoisotopic (exact) mass is 430 g/mol. The lowest BCUT2D eigenvalue weighted by molar-refractivity contribution is -0.137. The Kier molecular flexibility index (Phi) is 5.87. The van der Waals surface area contributed by atoms with Gasteiger partial charge in [-0.1, -0.05) is 12.1 Å². The average Bonchev–Trinajstić information content (AvgIpc) is 2.67. The number of pyridine rings is 1. The summed E-state index contributed by atoms with van der Waals surface area (Å²) in [7, 11) is 0. The first-order valence-corrected chi connectivity index (χ1v) is 8.43. The van der Waals surface area contributed by atoms with E-state index in [1.165, 1.54) is 24.3 Å². The first kappa shape index (κ1) is 21.4. The molecule has 30 heavy (non-hydrogen) atoms. The summed E-state index contributed by atoms with van der Waals surface area (Å²) in [5.74, 6) is -0.466. The van der Waals surface area contributed by atoms with Gasteiger partial charge in [0.2, 0.25) is 5.88 Å². The van der Waals surface area contributed by atoms with Gasteiger partial charge >= 0.3 is 12.3 Å². The van der Waals surface area contributed by atoms with Crippen LogP contribution in [0, 0.1) is 0 Å². The number of amides is 1. The minimum absolute atomic E-state index is 0.0469. The number of nitrogens with zero attached hydrogens (tertiary/aromatic N) is 2. The van der Waals surface area contributed by atoms with Crippen molar-refractivity contribution in [2.24, 2.45) is 10.7 Å². The summed E-state index contributed by atoms with van der Waals surface area (Å²) < 4.78 is 75.1. The molecule has 1 aliphatic heterocycles. The molecule has 2 aromatic rings. The Bertz CT molecular complexity index is 950.